The Morgan fingerprint density at radius 2 is 1.46 bits per heavy atom. The van der Waals surface area contributed by atoms with Crippen LogP contribution < -0.4 is 39.2 Å². The second-order valence-electron chi connectivity index (χ2n) is 7.83. The van der Waals surface area contributed by atoms with Gasteiger partial charge in [0.1, 0.15) is 11.5 Å². The molecule has 10 nitrogen and oxygen atoms in total. The molecule has 1 saturated heterocycles. The number of benzene rings is 2. The van der Waals surface area contributed by atoms with Gasteiger partial charge in [-0.25, -0.2) is 0 Å². The number of ether oxygens (including phenoxy) is 1. The van der Waals surface area contributed by atoms with Gasteiger partial charge >= 0.3 is 36.9 Å². The van der Waals surface area contributed by atoms with Gasteiger partial charge < -0.3 is 28.7 Å². The monoisotopic (exact) mass is 543 g/mol. The van der Waals surface area contributed by atoms with Gasteiger partial charge in [-0.2, -0.15) is 0 Å². The van der Waals surface area contributed by atoms with Crippen molar-refractivity contribution in [3.63, 3.8) is 0 Å². The minimum absolute atomic E-state index is 0. The third-order valence-electron chi connectivity index (χ3n) is 5.02. The summed E-state index contributed by atoms with van der Waals surface area (Å²) < 4.78 is 18.5. The molecule has 3 rings (SSSR count). The zero-order valence-electron chi connectivity index (χ0n) is 21.7. The molecule has 0 saturated carbocycles. The van der Waals surface area contributed by atoms with E-state index in [-0.39, 0.29) is 35.3 Å². The number of aromatic hydroxyl groups is 1. The van der Waals surface area contributed by atoms with Crippen LogP contribution in [0, 0.1) is 0 Å². The van der Waals surface area contributed by atoms with Crippen molar-refractivity contribution in [1.82, 2.24) is 4.90 Å². The van der Waals surface area contributed by atoms with Crippen LogP contribution in [-0.4, -0.2) is 68.5 Å². The SMILES string of the molecule is CC(=O)O[B-](OC(C)=O)OC(C)=O.COc1ccccc1N1CCN(Cc2ccc(O)cc2Cl)CC1.[Na+]. The maximum atomic E-state index is 10.4. The molecule has 0 amide bonds. The molecule has 0 spiro atoms. The molecule has 0 unspecified atom stereocenters. The number of hydrogen-bond acceptors (Lipinski definition) is 10. The van der Waals surface area contributed by atoms with Crippen molar-refractivity contribution in [2.45, 2.75) is 27.3 Å². The van der Waals surface area contributed by atoms with Crippen LogP contribution in [0.15, 0.2) is 42.5 Å². The zero-order chi connectivity index (χ0) is 26.7. The summed E-state index contributed by atoms with van der Waals surface area (Å²) in [7, 11) is 0.120. The van der Waals surface area contributed by atoms with Gasteiger partial charge in [-0.15, -0.1) is 0 Å². The van der Waals surface area contributed by atoms with E-state index in [1.807, 2.05) is 24.3 Å². The maximum Gasteiger partial charge on any atom is 1.00 e. The Balaban J connectivity index is 0.000000423. The van der Waals surface area contributed by atoms with Crippen molar-refractivity contribution in [3.8, 4) is 11.5 Å². The number of hydrogen-bond donors (Lipinski definition) is 1. The molecular weight excluding hydrogens is 514 g/mol. The van der Waals surface area contributed by atoms with Gasteiger partial charge in [-0.3, -0.25) is 19.3 Å². The van der Waals surface area contributed by atoms with Gasteiger partial charge in [0.25, 0.3) is 17.9 Å². The molecule has 0 aromatic heterocycles. The Kier molecular flexibility index (Phi) is 14.5. The number of para-hydroxylation sites is 2. The minimum Gasteiger partial charge on any atom is -0.642 e. The number of halogens is 1. The standard InChI is InChI=1S/C18H21ClN2O2.C6H9BO6.Na/c1-23-18-5-3-2-4-17(18)21-10-8-20(9-11-21)13-14-6-7-15(22)12-16(14)19;1-4(8)11-7(12-5(2)9)13-6(3)10;/h2-7,12,22H,8-11,13H2,1H3;1-3H3;/q;-1;+1. The molecular formula is C24H30BClN2NaO8. The number of nitrogens with zero attached hydrogens (tertiary/aromatic N) is 2. The number of carbonyl (C=O) groups excluding carboxylic acids is 3. The summed E-state index contributed by atoms with van der Waals surface area (Å²) in [6.07, 6.45) is 0. The fourth-order valence-corrected chi connectivity index (χ4v) is 3.66. The molecule has 1 aliphatic rings. The quantitative estimate of drug-likeness (QED) is 0.480. The predicted molar refractivity (Wildman–Crippen MR) is 135 cm³/mol. The molecule has 1 radical (unpaired) electrons. The molecule has 13 heteroatoms. The van der Waals surface area contributed by atoms with Crippen LogP contribution >= 0.6 is 11.6 Å². The van der Waals surface area contributed by atoms with Crippen molar-refractivity contribution in [1.29, 1.82) is 0 Å². The van der Waals surface area contributed by atoms with Crippen molar-refractivity contribution < 1.29 is 67.7 Å². The van der Waals surface area contributed by atoms with E-state index in [1.165, 1.54) is 0 Å². The van der Waals surface area contributed by atoms with Gasteiger partial charge in [-0.1, -0.05) is 29.8 Å². The summed E-state index contributed by atoms with van der Waals surface area (Å²) in [5, 5.41) is 10.1. The second kappa shape index (κ2) is 16.4. The largest absolute Gasteiger partial charge is 1.00 e. The van der Waals surface area contributed by atoms with Crippen molar-refractivity contribution in [3.05, 3.63) is 53.1 Å². The van der Waals surface area contributed by atoms with Gasteiger partial charge in [0.15, 0.2) is 0 Å². The Bertz CT molecular complexity index is 1020. The summed E-state index contributed by atoms with van der Waals surface area (Å²) in [5.74, 6) is -1.02. The van der Waals surface area contributed by atoms with E-state index >= 15 is 0 Å². The molecule has 37 heavy (non-hydrogen) atoms. The van der Waals surface area contributed by atoms with E-state index in [0.29, 0.717) is 5.02 Å². The predicted octanol–water partition coefficient (Wildman–Crippen LogP) is 0.0410. The summed E-state index contributed by atoms with van der Waals surface area (Å²) in [5.41, 5.74) is 2.20. The average Bonchev–Trinajstić information content (AvgIpc) is 2.80. The van der Waals surface area contributed by atoms with E-state index in [2.05, 4.69) is 29.8 Å². The Hall–Kier alpha value is -2.44. The first-order valence-electron chi connectivity index (χ1n) is 11.2. The maximum absolute atomic E-state index is 10.4. The van der Waals surface area contributed by atoms with Crippen LogP contribution in [0.5, 0.6) is 11.5 Å². The first-order valence-corrected chi connectivity index (χ1v) is 11.6. The first kappa shape index (κ1) is 32.6. The summed E-state index contributed by atoms with van der Waals surface area (Å²) in [6, 6.07) is 13.3. The van der Waals surface area contributed by atoms with Crippen LogP contribution in [0.25, 0.3) is 0 Å². The summed E-state index contributed by atoms with van der Waals surface area (Å²) >= 11 is 6.20. The Labute approximate surface area is 244 Å². The number of phenolic OH excluding ortho intramolecular Hbond substituents is 1. The van der Waals surface area contributed by atoms with Crippen molar-refractivity contribution in [2.24, 2.45) is 0 Å². The van der Waals surface area contributed by atoms with Crippen LogP contribution in [0.3, 0.4) is 0 Å². The topological polar surface area (TPSA) is 115 Å². The van der Waals surface area contributed by atoms with Crippen LogP contribution in [-0.2, 0) is 34.9 Å². The molecule has 0 bridgehead atoms. The number of phenols is 1. The third kappa shape index (κ3) is 11.7. The van der Waals surface area contributed by atoms with Crippen molar-refractivity contribution in [2.75, 3.05) is 38.2 Å². The van der Waals surface area contributed by atoms with Crippen LogP contribution in [0.2, 0.25) is 5.02 Å². The minimum atomic E-state index is -1.59. The van der Waals surface area contributed by atoms with Gasteiger partial charge in [-0.05, 0) is 29.8 Å². The smallest absolute Gasteiger partial charge is 0.642 e. The first-order chi connectivity index (χ1) is 17.1. The van der Waals surface area contributed by atoms with Crippen molar-refractivity contribution >= 4 is 42.5 Å². The number of carbonyl (C=O) groups is 3. The fraction of sp³-hybridized carbons (Fsp3) is 0.375. The molecule has 195 valence electrons. The number of methoxy groups -OCH3 is 1. The average molecular weight is 544 g/mol. The number of piperazine rings is 1. The van der Waals surface area contributed by atoms with Crippen LogP contribution in [0.4, 0.5) is 5.69 Å². The van der Waals surface area contributed by atoms with E-state index in [4.69, 9.17) is 16.3 Å². The van der Waals surface area contributed by atoms with E-state index in [1.54, 1.807) is 19.2 Å². The molecule has 1 N–H and O–H groups in total. The second-order valence-corrected chi connectivity index (χ2v) is 8.23. The zero-order valence-corrected chi connectivity index (χ0v) is 24.5. The Morgan fingerprint density at radius 3 is 1.95 bits per heavy atom. The fourth-order valence-electron chi connectivity index (χ4n) is 3.42. The molecule has 1 aliphatic heterocycles. The molecule has 0 atom stereocenters. The molecule has 1 heterocycles. The van der Waals surface area contributed by atoms with Gasteiger partial charge in [0.2, 0.25) is 0 Å². The molecule has 2 aromatic carbocycles. The van der Waals surface area contributed by atoms with E-state index in [9.17, 15) is 19.5 Å². The van der Waals surface area contributed by atoms with E-state index in [0.717, 1.165) is 70.5 Å². The summed E-state index contributed by atoms with van der Waals surface area (Å²) in [6.45, 7) is 7.94. The molecule has 0 aliphatic carbocycles. The third-order valence-corrected chi connectivity index (χ3v) is 5.37. The van der Waals surface area contributed by atoms with Gasteiger partial charge in [0, 0.05) is 58.5 Å². The molecule has 2 aromatic rings. The number of anilines is 1. The van der Waals surface area contributed by atoms with Gasteiger partial charge in [0.05, 0.1) is 12.8 Å². The number of rotatable bonds is 7. The Morgan fingerprint density at radius 1 is 0.919 bits per heavy atom. The van der Waals surface area contributed by atoms with Crippen LogP contribution in [0.1, 0.15) is 26.3 Å². The van der Waals surface area contributed by atoms with E-state index < -0.39 is 25.2 Å². The molecule has 1 fully saturated rings. The summed E-state index contributed by atoms with van der Waals surface area (Å²) in [4.78, 5) is 36.0. The normalized spacial score (nSPS) is 13.0.